The SMILES string of the molecule is [C-]#[N+]c1cnccc1-c1[nH]c2c(c1Br)C(=O)CC(C)(C)C2. The van der Waals surface area contributed by atoms with Crippen molar-refractivity contribution >= 4 is 27.4 Å². The van der Waals surface area contributed by atoms with Gasteiger partial charge in [0.15, 0.2) is 5.78 Å². The molecule has 0 radical (unpaired) electrons. The first-order valence-corrected chi connectivity index (χ1v) is 7.47. The second-order valence-electron chi connectivity index (χ2n) is 6.11. The summed E-state index contributed by atoms with van der Waals surface area (Å²) in [4.78, 5) is 23.2. The molecular weight excluding hydrogens is 330 g/mol. The monoisotopic (exact) mass is 343 g/mol. The molecule has 0 fully saturated rings. The van der Waals surface area contributed by atoms with Gasteiger partial charge in [0, 0.05) is 30.1 Å². The van der Waals surface area contributed by atoms with E-state index in [1.165, 1.54) is 0 Å². The minimum Gasteiger partial charge on any atom is -0.358 e. The van der Waals surface area contributed by atoms with Crippen LogP contribution in [0.3, 0.4) is 0 Å². The van der Waals surface area contributed by atoms with E-state index >= 15 is 0 Å². The molecule has 0 aliphatic heterocycles. The van der Waals surface area contributed by atoms with Crippen LogP contribution >= 0.6 is 15.9 Å². The Morgan fingerprint density at radius 3 is 2.90 bits per heavy atom. The summed E-state index contributed by atoms with van der Waals surface area (Å²) in [5, 5.41) is 0. The molecule has 21 heavy (non-hydrogen) atoms. The first-order valence-electron chi connectivity index (χ1n) is 6.68. The van der Waals surface area contributed by atoms with Crippen LogP contribution in [0.1, 0.15) is 36.3 Å². The minimum atomic E-state index is -0.0352. The molecule has 3 rings (SSSR count). The predicted octanol–water partition coefficient (Wildman–Crippen LogP) is 4.55. The van der Waals surface area contributed by atoms with Gasteiger partial charge in [-0.15, -0.1) is 0 Å². The number of carbonyl (C=O) groups excluding carboxylic acids is 1. The Hall–Kier alpha value is -1.93. The van der Waals surface area contributed by atoms with Crippen molar-refractivity contribution in [2.75, 3.05) is 0 Å². The third-order valence-corrected chi connectivity index (χ3v) is 4.57. The van der Waals surface area contributed by atoms with E-state index in [0.29, 0.717) is 12.1 Å². The fraction of sp³-hybridized carbons (Fsp3) is 0.312. The molecule has 0 bridgehead atoms. The van der Waals surface area contributed by atoms with E-state index in [4.69, 9.17) is 6.57 Å². The van der Waals surface area contributed by atoms with Crippen LogP contribution in [-0.2, 0) is 6.42 Å². The Morgan fingerprint density at radius 1 is 1.43 bits per heavy atom. The second kappa shape index (κ2) is 4.81. The number of pyridine rings is 1. The molecule has 0 saturated carbocycles. The quantitative estimate of drug-likeness (QED) is 0.772. The number of H-pyrrole nitrogens is 1. The van der Waals surface area contributed by atoms with E-state index in [1.807, 2.05) is 0 Å². The maximum absolute atomic E-state index is 12.4. The topological polar surface area (TPSA) is 50.1 Å². The largest absolute Gasteiger partial charge is 0.358 e. The fourth-order valence-corrected chi connectivity index (χ4v) is 3.66. The van der Waals surface area contributed by atoms with Crippen molar-refractivity contribution in [3.63, 3.8) is 0 Å². The normalized spacial score (nSPS) is 16.4. The standard InChI is InChI=1S/C16H14BrN3O/c1-16(2)6-10-13(12(21)7-16)14(17)15(20-10)9-4-5-19-8-11(9)18-3/h4-5,8,20H,6-7H2,1-2H3. The van der Waals surface area contributed by atoms with E-state index in [1.54, 1.807) is 18.5 Å². The zero-order chi connectivity index (χ0) is 15.2. The molecule has 0 atom stereocenters. The number of halogens is 1. The molecule has 0 spiro atoms. The number of ketones is 1. The van der Waals surface area contributed by atoms with Crippen LogP contribution in [0.25, 0.3) is 16.1 Å². The smallest absolute Gasteiger partial charge is 0.214 e. The number of fused-ring (bicyclic) bond motifs is 1. The van der Waals surface area contributed by atoms with Crippen molar-refractivity contribution in [3.8, 4) is 11.3 Å². The van der Waals surface area contributed by atoms with Gasteiger partial charge in [-0.25, -0.2) is 4.85 Å². The summed E-state index contributed by atoms with van der Waals surface area (Å²) in [6.45, 7) is 11.5. The maximum atomic E-state index is 12.4. The highest BCUT2D eigenvalue weighted by Crippen LogP contribution is 2.43. The molecular formula is C16H14BrN3O. The lowest BCUT2D eigenvalue weighted by Gasteiger charge is -2.28. The number of nitrogens with zero attached hydrogens (tertiary/aromatic N) is 2. The van der Waals surface area contributed by atoms with Crippen molar-refractivity contribution in [2.45, 2.75) is 26.7 Å². The molecule has 0 aromatic carbocycles. The summed E-state index contributed by atoms with van der Waals surface area (Å²) in [6, 6.07) is 1.80. The van der Waals surface area contributed by atoms with Gasteiger partial charge in [-0.3, -0.25) is 9.78 Å². The third kappa shape index (κ3) is 2.30. The number of nitrogens with one attached hydrogen (secondary N) is 1. The lowest BCUT2D eigenvalue weighted by molar-refractivity contribution is 0.0911. The lowest BCUT2D eigenvalue weighted by Crippen LogP contribution is -2.26. The van der Waals surface area contributed by atoms with Crippen LogP contribution in [0.4, 0.5) is 5.69 Å². The molecule has 4 nitrogen and oxygen atoms in total. The highest BCUT2D eigenvalue weighted by molar-refractivity contribution is 9.10. The summed E-state index contributed by atoms with van der Waals surface area (Å²) < 4.78 is 0.758. The molecule has 1 aliphatic rings. The van der Waals surface area contributed by atoms with Crippen molar-refractivity contribution in [3.05, 3.63) is 45.6 Å². The average molecular weight is 344 g/mol. The Labute approximate surface area is 131 Å². The Kier molecular flexibility index (Phi) is 3.22. The Morgan fingerprint density at radius 2 is 2.19 bits per heavy atom. The zero-order valence-electron chi connectivity index (χ0n) is 11.8. The number of carbonyl (C=O) groups is 1. The van der Waals surface area contributed by atoms with Crippen LogP contribution in [0.15, 0.2) is 22.9 Å². The Bertz CT molecular complexity index is 783. The van der Waals surface area contributed by atoms with Gasteiger partial charge in [0.1, 0.15) is 0 Å². The Balaban J connectivity index is 2.20. The summed E-state index contributed by atoms with van der Waals surface area (Å²) in [5.74, 6) is 0.147. The molecule has 0 amide bonds. The van der Waals surface area contributed by atoms with Gasteiger partial charge in [0.25, 0.3) is 0 Å². The fourth-order valence-electron chi connectivity index (χ4n) is 2.89. The van der Waals surface area contributed by atoms with E-state index in [-0.39, 0.29) is 11.2 Å². The first-order chi connectivity index (χ1) is 9.93. The number of aromatic amines is 1. The van der Waals surface area contributed by atoms with Crippen molar-refractivity contribution in [2.24, 2.45) is 5.41 Å². The highest BCUT2D eigenvalue weighted by atomic mass is 79.9. The van der Waals surface area contributed by atoms with Crippen molar-refractivity contribution in [1.82, 2.24) is 9.97 Å². The molecule has 2 aromatic rings. The maximum Gasteiger partial charge on any atom is 0.214 e. The molecule has 106 valence electrons. The first kappa shape index (κ1) is 14.0. The van der Waals surface area contributed by atoms with E-state index < -0.39 is 0 Å². The highest BCUT2D eigenvalue weighted by Gasteiger charge is 2.35. The minimum absolute atomic E-state index is 0.0352. The molecule has 0 saturated heterocycles. The van der Waals surface area contributed by atoms with E-state index in [2.05, 4.69) is 44.6 Å². The average Bonchev–Trinajstić information content (AvgIpc) is 2.74. The number of hydrogen-bond acceptors (Lipinski definition) is 2. The van der Waals surface area contributed by atoms with Crippen LogP contribution in [0, 0.1) is 12.0 Å². The van der Waals surface area contributed by atoms with Gasteiger partial charge in [-0.1, -0.05) is 13.8 Å². The summed E-state index contributed by atoms with van der Waals surface area (Å²) in [7, 11) is 0. The van der Waals surface area contributed by atoms with Gasteiger partial charge in [0.2, 0.25) is 5.69 Å². The number of aromatic nitrogens is 2. The summed E-state index contributed by atoms with van der Waals surface area (Å²) in [6.07, 6.45) is 4.56. The summed E-state index contributed by atoms with van der Waals surface area (Å²) in [5.41, 5.74) is 3.68. The molecule has 0 unspecified atom stereocenters. The molecule has 5 heteroatoms. The van der Waals surface area contributed by atoms with Gasteiger partial charge >= 0.3 is 0 Å². The van der Waals surface area contributed by atoms with Crippen molar-refractivity contribution in [1.29, 1.82) is 0 Å². The number of hydrogen-bond donors (Lipinski definition) is 1. The zero-order valence-corrected chi connectivity index (χ0v) is 13.4. The van der Waals surface area contributed by atoms with Crippen LogP contribution in [0.5, 0.6) is 0 Å². The van der Waals surface area contributed by atoms with Crippen LogP contribution in [0.2, 0.25) is 0 Å². The van der Waals surface area contributed by atoms with Gasteiger partial charge < -0.3 is 4.98 Å². The van der Waals surface area contributed by atoms with Crippen LogP contribution < -0.4 is 0 Å². The lowest BCUT2D eigenvalue weighted by atomic mass is 9.76. The molecule has 2 aromatic heterocycles. The molecule has 1 aliphatic carbocycles. The molecule has 2 heterocycles. The van der Waals surface area contributed by atoms with Gasteiger partial charge in [-0.2, -0.15) is 0 Å². The molecule has 1 N–H and O–H groups in total. The van der Waals surface area contributed by atoms with E-state index in [0.717, 1.165) is 33.4 Å². The third-order valence-electron chi connectivity index (χ3n) is 3.78. The second-order valence-corrected chi connectivity index (χ2v) is 6.91. The number of rotatable bonds is 1. The van der Waals surface area contributed by atoms with Gasteiger partial charge in [0.05, 0.1) is 22.3 Å². The van der Waals surface area contributed by atoms with Crippen LogP contribution in [-0.4, -0.2) is 15.8 Å². The predicted molar refractivity (Wildman–Crippen MR) is 84.4 cm³/mol. The number of Topliss-reactive ketones (excluding diaryl/α,β-unsaturated/α-hetero) is 1. The summed E-state index contributed by atoms with van der Waals surface area (Å²) >= 11 is 3.54. The van der Waals surface area contributed by atoms with Crippen molar-refractivity contribution < 1.29 is 4.79 Å². The van der Waals surface area contributed by atoms with E-state index in [9.17, 15) is 4.79 Å². The van der Waals surface area contributed by atoms with Gasteiger partial charge in [-0.05, 0) is 33.8 Å².